The summed E-state index contributed by atoms with van der Waals surface area (Å²) >= 11 is 0. The fraction of sp³-hybridized carbons (Fsp3) is 0.857. The minimum atomic E-state index is -0.0866. The molecule has 0 aliphatic rings. The zero-order valence-electron chi connectivity index (χ0n) is 10.5. The van der Waals surface area contributed by atoms with Crippen LogP contribution in [0.2, 0.25) is 0 Å². The second-order valence-corrected chi connectivity index (χ2v) is 4.48. The summed E-state index contributed by atoms with van der Waals surface area (Å²) in [6, 6.07) is 0. The van der Waals surface area contributed by atoms with E-state index in [0.29, 0.717) is 5.92 Å². The maximum atomic E-state index is 10.1. The Morgan fingerprint density at radius 3 is 2.33 bits per heavy atom. The molecule has 0 saturated heterocycles. The number of allylic oxidation sites excluding steroid dienone is 1. The van der Waals surface area contributed by atoms with Crippen LogP contribution in [-0.2, 0) is 0 Å². The largest absolute Gasteiger partial charge is 0.393 e. The third-order valence-corrected chi connectivity index (χ3v) is 3.04. The molecule has 0 rings (SSSR count). The van der Waals surface area contributed by atoms with Gasteiger partial charge < -0.3 is 5.11 Å². The lowest BCUT2D eigenvalue weighted by Gasteiger charge is -2.22. The highest BCUT2D eigenvalue weighted by Gasteiger charge is 2.16. The van der Waals surface area contributed by atoms with Crippen molar-refractivity contribution >= 4 is 0 Å². The van der Waals surface area contributed by atoms with Crippen LogP contribution in [0, 0.1) is 5.92 Å². The summed E-state index contributed by atoms with van der Waals surface area (Å²) < 4.78 is 0. The first-order valence-corrected chi connectivity index (χ1v) is 6.55. The SMILES string of the molecule is C=CCCCC(O)C(CCC)CCCC. The molecule has 90 valence electrons. The van der Waals surface area contributed by atoms with Gasteiger partial charge in [0.05, 0.1) is 6.10 Å². The standard InChI is InChI=1S/C14H28O/c1-4-7-9-12-14(15)13(10-6-3)11-8-5-2/h4,13-15H,1,5-12H2,2-3H3. The minimum Gasteiger partial charge on any atom is -0.393 e. The van der Waals surface area contributed by atoms with Crippen molar-refractivity contribution in [3.8, 4) is 0 Å². The Hall–Kier alpha value is -0.300. The fourth-order valence-corrected chi connectivity index (χ4v) is 2.07. The number of hydrogen-bond acceptors (Lipinski definition) is 1. The van der Waals surface area contributed by atoms with Gasteiger partial charge in [-0.3, -0.25) is 0 Å². The van der Waals surface area contributed by atoms with Crippen molar-refractivity contribution in [1.82, 2.24) is 0 Å². The molecule has 1 nitrogen and oxygen atoms in total. The lowest BCUT2D eigenvalue weighted by Crippen LogP contribution is -2.20. The molecule has 0 amide bonds. The first kappa shape index (κ1) is 14.7. The van der Waals surface area contributed by atoms with Crippen LogP contribution < -0.4 is 0 Å². The van der Waals surface area contributed by atoms with Gasteiger partial charge in [0.25, 0.3) is 0 Å². The average molecular weight is 212 g/mol. The van der Waals surface area contributed by atoms with Crippen molar-refractivity contribution in [2.75, 3.05) is 0 Å². The van der Waals surface area contributed by atoms with Crippen molar-refractivity contribution in [2.45, 2.75) is 71.3 Å². The van der Waals surface area contributed by atoms with Crippen LogP contribution >= 0.6 is 0 Å². The average Bonchev–Trinajstić information content (AvgIpc) is 2.24. The van der Waals surface area contributed by atoms with E-state index in [4.69, 9.17) is 0 Å². The number of aliphatic hydroxyl groups is 1. The van der Waals surface area contributed by atoms with Gasteiger partial charge in [0.15, 0.2) is 0 Å². The second kappa shape index (κ2) is 10.2. The van der Waals surface area contributed by atoms with Crippen LogP contribution in [0.25, 0.3) is 0 Å². The maximum absolute atomic E-state index is 10.1. The molecule has 0 heterocycles. The van der Waals surface area contributed by atoms with Crippen molar-refractivity contribution < 1.29 is 5.11 Å². The molecule has 0 fully saturated rings. The van der Waals surface area contributed by atoms with Crippen molar-refractivity contribution in [1.29, 1.82) is 0 Å². The molecule has 15 heavy (non-hydrogen) atoms. The molecule has 0 aromatic rings. The number of unbranched alkanes of at least 4 members (excludes halogenated alkanes) is 2. The van der Waals surface area contributed by atoms with Gasteiger partial charge in [0.2, 0.25) is 0 Å². The quantitative estimate of drug-likeness (QED) is 0.422. The smallest absolute Gasteiger partial charge is 0.0568 e. The van der Waals surface area contributed by atoms with Crippen LogP contribution in [0.15, 0.2) is 12.7 Å². The Morgan fingerprint density at radius 2 is 1.80 bits per heavy atom. The van der Waals surface area contributed by atoms with Crippen LogP contribution in [0.4, 0.5) is 0 Å². The van der Waals surface area contributed by atoms with E-state index in [0.717, 1.165) is 19.3 Å². The lowest BCUT2D eigenvalue weighted by atomic mass is 9.89. The summed E-state index contributed by atoms with van der Waals surface area (Å²) in [7, 11) is 0. The molecule has 1 N–H and O–H groups in total. The van der Waals surface area contributed by atoms with Gasteiger partial charge in [0, 0.05) is 0 Å². The highest BCUT2D eigenvalue weighted by molar-refractivity contribution is 4.72. The van der Waals surface area contributed by atoms with Crippen LogP contribution in [0.1, 0.15) is 65.2 Å². The van der Waals surface area contributed by atoms with Gasteiger partial charge in [-0.1, -0.05) is 39.2 Å². The van der Waals surface area contributed by atoms with Gasteiger partial charge >= 0.3 is 0 Å². The third kappa shape index (κ3) is 7.61. The van der Waals surface area contributed by atoms with E-state index >= 15 is 0 Å². The first-order chi connectivity index (χ1) is 7.26. The van der Waals surface area contributed by atoms with E-state index in [1.807, 2.05) is 6.08 Å². The highest BCUT2D eigenvalue weighted by atomic mass is 16.3. The zero-order valence-corrected chi connectivity index (χ0v) is 10.5. The Labute approximate surface area is 95.6 Å². The van der Waals surface area contributed by atoms with Crippen LogP contribution in [0.3, 0.4) is 0 Å². The second-order valence-electron chi connectivity index (χ2n) is 4.48. The Bertz CT molecular complexity index is 142. The van der Waals surface area contributed by atoms with Gasteiger partial charge in [0.1, 0.15) is 0 Å². The van der Waals surface area contributed by atoms with E-state index in [1.165, 1.54) is 32.1 Å². The molecule has 2 atom stereocenters. The first-order valence-electron chi connectivity index (χ1n) is 6.55. The Balaban J connectivity index is 3.80. The zero-order chi connectivity index (χ0) is 11.5. The van der Waals surface area contributed by atoms with Gasteiger partial charge in [-0.15, -0.1) is 6.58 Å². The minimum absolute atomic E-state index is 0.0866. The fourth-order valence-electron chi connectivity index (χ4n) is 2.07. The van der Waals surface area contributed by atoms with Gasteiger partial charge in [-0.05, 0) is 38.0 Å². The lowest BCUT2D eigenvalue weighted by molar-refractivity contribution is 0.0854. The molecule has 0 bridgehead atoms. The molecular weight excluding hydrogens is 184 g/mol. The molecule has 0 aromatic heterocycles. The predicted molar refractivity (Wildman–Crippen MR) is 68.0 cm³/mol. The topological polar surface area (TPSA) is 20.2 Å². The van der Waals surface area contributed by atoms with Crippen molar-refractivity contribution in [3.63, 3.8) is 0 Å². The summed E-state index contributed by atoms with van der Waals surface area (Å²) in [4.78, 5) is 0. The van der Waals surface area contributed by atoms with E-state index in [-0.39, 0.29) is 6.10 Å². The molecule has 0 radical (unpaired) electrons. The third-order valence-electron chi connectivity index (χ3n) is 3.04. The molecule has 2 unspecified atom stereocenters. The van der Waals surface area contributed by atoms with Gasteiger partial charge in [-0.25, -0.2) is 0 Å². The maximum Gasteiger partial charge on any atom is 0.0568 e. The highest BCUT2D eigenvalue weighted by Crippen LogP contribution is 2.22. The van der Waals surface area contributed by atoms with E-state index in [1.54, 1.807) is 0 Å². The van der Waals surface area contributed by atoms with Crippen molar-refractivity contribution in [2.24, 2.45) is 5.92 Å². The molecule has 0 aliphatic carbocycles. The number of hydrogen-bond donors (Lipinski definition) is 1. The van der Waals surface area contributed by atoms with E-state index in [2.05, 4.69) is 20.4 Å². The normalized spacial score (nSPS) is 14.9. The summed E-state index contributed by atoms with van der Waals surface area (Å²) in [6.45, 7) is 8.13. The Kier molecular flexibility index (Phi) is 10.0. The summed E-state index contributed by atoms with van der Waals surface area (Å²) in [6.07, 6.45) is 11.0. The molecule has 0 spiro atoms. The van der Waals surface area contributed by atoms with Crippen LogP contribution in [0.5, 0.6) is 0 Å². The van der Waals surface area contributed by atoms with Crippen molar-refractivity contribution in [3.05, 3.63) is 12.7 Å². The van der Waals surface area contributed by atoms with Gasteiger partial charge in [-0.2, -0.15) is 0 Å². The molecule has 0 saturated carbocycles. The predicted octanol–water partition coefficient (Wildman–Crippen LogP) is 4.31. The van der Waals surface area contributed by atoms with Crippen LogP contribution in [-0.4, -0.2) is 11.2 Å². The number of rotatable bonds is 10. The Morgan fingerprint density at radius 1 is 1.07 bits per heavy atom. The molecular formula is C14H28O. The summed E-state index contributed by atoms with van der Waals surface area (Å²) in [5.74, 6) is 0.528. The summed E-state index contributed by atoms with van der Waals surface area (Å²) in [5.41, 5.74) is 0. The molecule has 0 aliphatic heterocycles. The summed E-state index contributed by atoms with van der Waals surface area (Å²) in [5, 5.41) is 10.1. The van der Waals surface area contributed by atoms with E-state index in [9.17, 15) is 5.11 Å². The monoisotopic (exact) mass is 212 g/mol. The molecule has 0 aromatic carbocycles. The number of aliphatic hydroxyl groups excluding tert-OH is 1. The van der Waals surface area contributed by atoms with E-state index < -0.39 is 0 Å². The molecule has 1 heteroatoms.